The van der Waals surface area contributed by atoms with E-state index in [0.717, 1.165) is 19.3 Å². The van der Waals surface area contributed by atoms with Crippen LogP contribution >= 0.6 is 0 Å². The molecule has 1 aliphatic heterocycles. The third kappa shape index (κ3) is 4.28. The average Bonchev–Trinajstić information content (AvgIpc) is 3.05. The number of nitrogens with zero attached hydrogens (tertiary/aromatic N) is 2. The first-order valence-corrected chi connectivity index (χ1v) is 9.23. The fourth-order valence-corrected chi connectivity index (χ4v) is 3.78. The highest BCUT2D eigenvalue weighted by atomic mass is 15.6. The molecule has 3 atom stereocenters. The van der Waals surface area contributed by atoms with Crippen LogP contribution in [0.1, 0.15) is 56.3 Å². The van der Waals surface area contributed by atoms with Crippen molar-refractivity contribution in [2.24, 2.45) is 5.92 Å². The van der Waals surface area contributed by atoms with Crippen LogP contribution in [0, 0.1) is 17.2 Å². The zero-order valence-electron chi connectivity index (χ0n) is 15.1. The highest BCUT2D eigenvalue weighted by Crippen LogP contribution is 2.42. The van der Waals surface area contributed by atoms with E-state index < -0.39 is 0 Å². The highest BCUT2D eigenvalue weighted by molar-refractivity contribution is 5.25. The lowest BCUT2D eigenvalue weighted by molar-refractivity contribution is 0.0996. The van der Waals surface area contributed by atoms with Gasteiger partial charge in [-0.2, -0.15) is 5.26 Å². The lowest BCUT2D eigenvalue weighted by atomic mass is 10.0. The van der Waals surface area contributed by atoms with E-state index in [0.29, 0.717) is 18.0 Å². The summed E-state index contributed by atoms with van der Waals surface area (Å²) in [5.74, 6) is 0.491. The molecule has 0 saturated carbocycles. The van der Waals surface area contributed by atoms with Gasteiger partial charge in [0.15, 0.2) is 0 Å². The largest absolute Gasteiger partial charge is 0.237 e. The molecule has 25 heavy (non-hydrogen) atoms. The number of nitrogens with one attached hydrogen (secondary N) is 1. The van der Waals surface area contributed by atoms with E-state index in [1.165, 1.54) is 11.1 Å². The molecule has 3 heteroatoms. The topological polar surface area (TPSA) is 39.1 Å². The maximum atomic E-state index is 9.61. The summed E-state index contributed by atoms with van der Waals surface area (Å²) < 4.78 is 0. The van der Waals surface area contributed by atoms with E-state index in [4.69, 9.17) is 0 Å². The smallest absolute Gasteiger partial charge is 0.108 e. The number of hydrogen-bond acceptors (Lipinski definition) is 3. The molecule has 0 spiro atoms. The third-order valence-electron chi connectivity index (χ3n) is 4.92. The Morgan fingerprint density at radius 2 is 1.44 bits per heavy atom. The van der Waals surface area contributed by atoms with Gasteiger partial charge in [-0.1, -0.05) is 74.5 Å². The van der Waals surface area contributed by atoms with Crippen LogP contribution in [0.15, 0.2) is 60.7 Å². The van der Waals surface area contributed by atoms with Gasteiger partial charge in [-0.05, 0) is 36.3 Å². The number of rotatable bonds is 6. The third-order valence-corrected chi connectivity index (χ3v) is 4.92. The molecular weight excluding hydrogens is 306 g/mol. The molecule has 0 bridgehead atoms. The lowest BCUT2D eigenvalue weighted by Gasteiger charge is -2.33. The average molecular weight is 333 g/mol. The van der Waals surface area contributed by atoms with E-state index >= 15 is 0 Å². The van der Waals surface area contributed by atoms with Crippen LogP contribution in [0.4, 0.5) is 0 Å². The minimum Gasteiger partial charge on any atom is -0.237 e. The molecule has 0 radical (unpaired) electrons. The van der Waals surface area contributed by atoms with Crippen LogP contribution in [-0.4, -0.2) is 11.1 Å². The summed E-state index contributed by atoms with van der Waals surface area (Å²) in [7, 11) is 0. The predicted molar refractivity (Wildman–Crippen MR) is 101 cm³/mol. The van der Waals surface area contributed by atoms with Crippen LogP contribution in [-0.2, 0) is 0 Å². The first kappa shape index (κ1) is 17.7. The van der Waals surface area contributed by atoms with Crippen molar-refractivity contribution < 1.29 is 0 Å². The van der Waals surface area contributed by atoms with Crippen molar-refractivity contribution in [3.63, 3.8) is 0 Å². The molecule has 2 aromatic carbocycles. The first-order valence-electron chi connectivity index (χ1n) is 9.23. The predicted octanol–water partition coefficient (Wildman–Crippen LogP) is 5.01. The molecule has 1 saturated heterocycles. The van der Waals surface area contributed by atoms with Gasteiger partial charge in [0.1, 0.15) is 6.04 Å². The SMILES string of the molecule is CC(C)C[C@H](C#N)NN1[C@H](c2ccccc2)CC[C@H]1c1ccccc1. The molecule has 0 aliphatic carbocycles. The van der Waals surface area contributed by atoms with Crippen molar-refractivity contribution in [1.82, 2.24) is 10.4 Å². The van der Waals surface area contributed by atoms with Gasteiger partial charge in [-0.3, -0.25) is 0 Å². The Morgan fingerprint density at radius 1 is 0.960 bits per heavy atom. The van der Waals surface area contributed by atoms with Gasteiger partial charge in [0.25, 0.3) is 0 Å². The van der Waals surface area contributed by atoms with E-state index in [1.54, 1.807) is 0 Å². The molecule has 0 unspecified atom stereocenters. The summed E-state index contributed by atoms with van der Waals surface area (Å²) in [5.41, 5.74) is 6.20. The molecule has 130 valence electrons. The molecular formula is C22H27N3. The standard InChI is InChI=1S/C22H27N3/c1-17(2)15-20(16-23)24-25-21(18-9-5-3-6-10-18)13-14-22(25)19-11-7-4-8-12-19/h3-12,17,20-22,24H,13-15H2,1-2H3/t20-,21+,22+/m1/s1. The Kier molecular flexibility index (Phi) is 5.86. The second kappa shape index (κ2) is 8.29. The quantitative estimate of drug-likeness (QED) is 0.808. The minimum atomic E-state index is -0.157. The molecule has 0 aromatic heterocycles. The monoisotopic (exact) mass is 333 g/mol. The molecule has 1 N–H and O–H groups in total. The summed E-state index contributed by atoms with van der Waals surface area (Å²) >= 11 is 0. The Hall–Kier alpha value is -2.15. The zero-order valence-corrected chi connectivity index (χ0v) is 15.1. The summed E-state index contributed by atoms with van der Waals surface area (Å²) in [4.78, 5) is 0. The molecule has 1 aliphatic rings. The van der Waals surface area contributed by atoms with Gasteiger partial charge in [0.2, 0.25) is 0 Å². The zero-order chi connectivity index (χ0) is 17.6. The number of nitriles is 1. The number of hydrazine groups is 1. The van der Waals surface area contributed by atoms with Crippen LogP contribution in [0.2, 0.25) is 0 Å². The maximum Gasteiger partial charge on any atom is 0.108 e. The van der Waals surface area contributed by atoms with Crippen molar-refractivity contribution in [3.05, 3.63) is 71.8 Å². The fourth-order valence-electron chi connectivity index (χ4n) is 3.78. The van der Waals surface area contributed by atoms with E-state index in [9.17, 15) is 5.26 Å². The Labute approximate surface area is 151 Å². The molecule has 2 aromatic rings. The van der Waals surface area contributed by atoms with Gasteiger partial charge in [0.05, 0.1) is 18.2 Å². The molecule has 3 rings (SSSR count). The fraction of sp³-hybridized carbons (Fsp3) is 0.409. The van der Waals surface area contributed by atoms with Crippen LogP contribution in [0.25, 0.3) is 0 Å². The van der Waals surface area contributed by atoms with Crippen LogP contribution in [0.3, 0.4) is 0 Å². The number of hydrogen-bond donors (Lipinski definition) is 1. The Balaban J connectivity index is 1.88. The highest BCUT2D eigenvalue weighted by Gasteiger charge is 2.36. The first-order chi connectivity index (χ1) is 12.2. The van der Waals surface area contributed by atoms with Gasteiger partial charge < -0.3 is 0 Å². The van der Waals surface area contributed by atoms with E-state index in [2.05, 4.69) is 91.0 Å². The summed E-state index contributed by atoms with van der Waals surface area (Å²) in [6, 6.07) is 24.2. The summed E-state index contributed by atoms with van der Waals surface area (Å²) in [6.45, 7) is 4.33. The lowest BCUT2D eigenvalue weighted by Crippen LogP contribution is -2.45. The van der Waals surface area contributed by atoms with Gasteiger partial charge >= 0.3 is 0 Å². The summed E-state index contributed by atoms with van der Waals surface area (Å²) in [5, 5.41) is 11.9. The van der Waals surface area contributed by atoms with E-state index in [1.807, 2.05) is 0 Å². The van der Waals surface area contributed by atoms with Gasteiger partial charge in [-0.25, -0.2) is 10.4 Å². The second-order valence-corrected chi connectivity index (χ2v) is 7.28. The van der Waals surface area contributed by atoms with Crippen LogP contribution in [0.5, 0.6) is 0 Å². The molecule has 1 fully saturated rings. The molecule has 3 nitrogen and oxygen atoms in total. The second-order valence-electron chi connectivity index (χ2n) is 7.28. The molecule has 0 amide bonds. The van der Waals surface area contributed by atoms with Crippen molar-refractivity contribution in [1.29, 1.82) is 5.26 Å². The maximum absolute atomic E-state index is 9.61. The Bertz CT molecular complexity index is 643. The normalized spacial score (nSPS) is 22.0. The van der Waals surface area contributed by atoms with Gasteiger partial charge in [-0.15, -0.1) is 0 Å². The van der Waals surface area contributed by atoms with Crippen molar-refractivity contribution >= 4 is 0 Å². The minimum absolute atomic E-state index is 0.157. The van der Waals surface area contributed by atoms with Gasteiger partial charge in [0, 0.05) is 0 Å². The number of benzene rings is 2. The van der Waals surface area contributed by atoms with Crippen molar-refractivity contribution in [2.45, 2.75) is 51.2 Å². The van der Waals surface area contributed by atoms with Crippen LogP contribution < -0.4 is 5.43 Å². The Morgan fingerprint density at radius 3 is 1.84 bits per heavy atom. The van der Waals surface area contributed by atoms with Crippen molar-refractivity contribution in [2.75, 3.05) is 0 Å². The summed E-state index contributed by atoms with van der Waals surface area (Å²) in [6.07, 6.45) is 3.04. The molecule has 1 heterocycles. The van der Waals surface area contributed by atoms with Crippen molar-refractivity contribution in [3.8, 4) is 6.07 Å². The van der Waals surface area contributed by atoms with E-state index in [-0.39, 0.29) is 6.04 Å².